The predicted octanol–water partition coefficient (Wildman–Crippen LogP) is 0.263. The fraction of sp³-hybridized carbons (Fsp3) is 0.833. The third-order valence-corrected chi connectivity index (χ3v) is 2.22. The molecule has 0 bridgehead atoms. The molecule has 0 saturated heterocycles. The molecule has 5 heteroatoms. The van der Waals surface area contributed by atoms with E-state index < -0.39 is 0 Å². The molecular weight excluding hydrogens is 218 g/mol. The zero-order valence-electron chi connectivity index (χ0n) is 11.3. The lowest BCUT2D eigenvalue weighted by Crippen LogP contribution is -2.46. The maximum atomic E-state index is 11.5. The molecule has 0 aromatic rings. The third kappa shape index (κ3) is 8.68. The summed E-state index contributed by atoms with van der Waals surface area (Å²) in [5, 5.41) is 8.45. The minimum absolute atomic E-state index is 0.0662. The molecule has 0 aliphatic rings. The standard InChI is InChI=1S/C12H25N3O2/c1-5-6-13-12(17)10(4)14-8-11(16)15-7-9(2)3/h9-10,14H,5-8H2,1-4H3,(H,13,17)(H,15,16). The summed E-state index contributed by atoms with van der Waals surface area (Å²) in [7, 11) is 0. The summed E-state index contributed by atoms with van der Waals surface area (Å²) in [6.07, 6.45) is 0.910. The van der Waals surface area contributed by atoms with Crippen molar-refractivity contribution < 1.29 is 9.59 Å². The van der Waals surface area contributed by atoms with Gasteiger partial charge in [0.25, 0.3) is 0 Å². The highest BCUT2D eigenvalue weighted by Gasteiger charge is 2.12. The molecule has 17 heavy (non-hydrogen) atoms. The van der Waals surface area contributed by atoms with E-state index in [4.69, 9.17) is 0 Å². The van der Waals surface area contributed by atoms with Crippen LogP contribution in [0.3, 0.4) is 0 Å². The highest BCUT2D eigenvalue weighted by atomic mass is 16.2. The van der Waals surface area contributed by atoms with Crippen LogP contribution < -0.4 is 16.0 Å². The Labute approximate surface area is 104 Å². The lowest BCUT2D eigenvalue weighted by atomic mass is 10.2. The molecule has 2 amide bonds. The zero-order chi connectivity index (χ0) is 13.3. The molecular formula is C12H25N3O2. The monoisotopic (exact) mass is 243 g/mol. The van der Waals surface area contributed by atoms with Gasteiger partial charge in [-0.05, 0) is 19.3 Å². The first-order valence-electron chi connectivity index (χ1n) is 6.25. The zero-order valence-corrected chi connectivity index (χ0v) is 11.3. The molecule has 0 radical (unpaired) electrons. The fourth-order valence-electron chi connectivity index (χ4n) is 1.12. The third-order valence-electron chi connectivity index (χ3n) is 2.22. The quantitative estimate of drug-likeness (QED) is 0.573. The van der Waals surface area contributed by atoms with Crippen LogP contribution in [0.25, 0.3) is 0 Å². The number of carbonyl (C=O) groups is 2. The van der Waals surface area contributed by atoms with Crippen molar-refractivity contribution in [2.24, 2.45) is 5.92 Å². The number of rotatable bonds is 8. The van der Waals surface area contributed by atoms with Gasteiger partial charge in [-0.2, -0.15) is 0 Å². The normalized spacial score (nSPS) is 12.3. The van der Waals surface area contributed by atoms with E-state index in [-0.39, 0.29) is 24.4 Å². The van der Waals surface area contributed by atoms with Crippen molar-refractivity contribution in [2.75, 3.05) is 19.6 Å². The Kier molecular flexibility index (Phi) is 8.40. The smallest absolute Gasteiger partial charge is 0.236 e. The molecule has 0 fully saturated rings. The minimum Gasteiger partial charge on any atom is -0.355 e. The number of nitrogens with one attached hydrogen (secondary N) is 3. The van der Waals surface area contributed by atoms with Crippen LogP contribution in [0.5, 0.6) is 0 Å². The number of hydrogen-bond donors (Lipinski definition) is 3. The summed E-state index contributed by atoms with van der Waals surface area (Å²) in [5.41, 5.74) is 0. The van der Waals surface area contributed by atoms with Gasteiger partial charge in [0.15, 0.2) is 0 Å². The van der Waals surface area contributed by atoms with Gasteiger partial charge >= 0.3 is 0 Å². The van der Waals surface area contributed by atoms with Crippen molar-refractivity contribution in [2.45, 2.75) is 40.2 Å². The molecule has 0 rings (SSSR count). The number of amides is 2. The molecule has 3 N–H and O–H groups in total. The van der Waals surface area contributed by atoms with Gasteiger partial charge < -0.3 is 10.6 Å². The summed E-state index contributed by atoms with van der Waals surface area (Å²) in [6.45, 7) is 9.33. The number of carbonyl (C=O) groups excluding carboxylic acids is 2. The van der Waals surface area contributed by atoms with Gasteiger partial charge in [0.05, 0.1) is 12.6 Å². The molecule has 0 heterocycles. The van der Waals surface area contributed by atoms with Gasteiger partial charge in [0.1, 0.15) is 0 Å². The van der Waals surface area contributed by atoms with Gasteiger partial charge in [-0.3, -0.25) is 14.9 Å². The average molecular weight is 243 g/mol. The molecule has 0 aliphatic heterocycles. The van der Waals surface area contributed by atoms with E-state index in [9.17, 15) is 9.59 Å². The van der Waals surface area contributed by atoms with E-state index in [1.807, 2.05) is 20.8 Å². The second kappa shape index (κ2) is 8.98. The molecule has 1 unspecified atom stereocenters. The minimum atomic E-state index is -0.341. The first-order valence-corrected chi connectivity index (χ1v) is 6.25. The van der Waals surface area contributed by atoms with Crippen LogP contribution in [-0.2, 0) is 9.59 Å². The first kappa shape index (κ1) is 15.9. The number of hydrogen-bond acceptors (Lipinski definition) is 3. The molecule has 100 valence electrons. The van der Waals surface area contributed by atoms with Crippen LogP contribution in [-0.4, -0.2) is 37.5 Å². The lowest BCUT2D eigenvalue weighted by Gasteiger charge is -2.14. The van der Waals surface area contributed by atoms with Gasteiger partial charge in [0, 0.05) is 13.1 Å². The Bertz CT molecular complexity index is 242. The topological polar surface area (TPSA) is 70.2 Å². The fourth-order valence-corrected chi connectivity index (χ4v) is 1.12. The van der Waals surface area contributed by atoms with Crippen molar-refractivity contribution >= 4 is 11.8 Å². The van der Waals surface area contributed by atoms with Crippen molar-refractivity contribution in [3.63, 3.8) is 0 Å². The predicted molar refractivity (Wildman–Crippen MR) is 68.6 cm³/mol. The molecule has 0 saturated carbocycles. The molecule has 0 spiro atoms. The van der Waals surface area contributed by atoms with Crippen LogP contribution in [0.15, 0.2) is 0 Å². The summed E-state index contributed by atoms with van der Waals surface area (Å²) in [6, 6.07) is -0.341. The van der Waals surface area contributed by atoms with Crippen LogP contribution >= 0.6 is 0 Å². The van der Waals surface area contributed by atoms with E-state index in [2.05, 4.69) is 16.0 Å². The Hall–Kier alpha value is -1.10. The van der Waals surface area contributed by atoms with E-state index in [0.717, 1.165) is 6.42 Å². The summed E-state index contributed by atoms with van der Waals surface area (Å²) >= 11 is 0. The SMILES string of the molecule is CCCNC(=O)C(C)NCC(=O)NCC(C)C. The van der Waals surface area contributed by atoms with Gasteiger partial charge in [-0.1, -0.05) is 20.8 Å². The van der Waals surface area contributed by atoms with Crippen molar-refractivity contribution in [1.82, 2.24) is 16.0 Å². The molecule has 5 nitrogen and oxygen atoms in total. The van der Waals surface area contributed by atoms with Crippen molar-refractivity contribution in [1.29, 1.82) is 0 Å². The van der Waals surface area contributed by atoms with Crippen LogP contribution in [0.4, 0.5) is 0 Å². The Morgan fingerprint density at radius 1 is 1.12 bits per heavy atom. The highest BCUT2D eigenvalue weighted by Crippen LogP contribution is 1.87. The maximum Gasteiger partial charge on any atom is 0.236 e. The second-order valence-electron chi connectivity index (χ2n) is 4.59. The first-order chi connectivity index (χ1) is 7.97. The summed E-state index contributed by atoms with van der Waals surface area (Å²) in [4.78, 5) is 22.9. The largest absolute Gasteiger partial charge is 0.355 e. The van der Waals surface area contributed by atoms with Gasteiger partial charge in [0.2, 0.25) is 11.8 Å². The van der Waals surface area contributed by atoms with Crippen molar-refractivity contribution in [3.05, 3.63) is 0 Å². The van der Waals surface area contributed by atoms with E-state index in [1.165, 1.54) is 0 Å². The molecule has 1 atom stereocenters. The van der Waals surface area contributed by atoms with E-state index in [1.54, 1.807) is 6.92 Å². The highest BCUT2D eigenvalue weighted by molar-refractivity contribution is 5.83. The van der Waals surface area contributed by atoms with E-state index >= 15 is 0 Å². The van der Waals surface area contributed by atoms with Crippen molar-refractivity contribution in [3.8, 4) is 0 Å². The summed E-state index contributed by atoms with van der Waals surface area (Å²) < 4.78 is 0. The Morgan fingerprint density at radius 2 is 1.76 bits per heavy atom. The van der Waals surface area contributed by atoms with Crippen LogP contribution in [0, 0.1) is 5.92 Å². The van der Waals surface area contributed by atoms with Crippen LogP contribution in [0.2, 0.25) is 0 Å². The average Bonchev–Trinajstić information content (AvgIpc) is 2.30. The van der Waals surface area contributed by atoms with Crippen LogP contribution in [0.1, 0.15) is 34.1 Å². The maximum absolute atomic E-state index is 11.5. The summed E-state index contributed by atoms with van der Waals surface area (Å²) in [5.74, 6) is 0.293. The molecule has 0 aromatic heterocycles. The van der Waals surface area contributed by atoms with Gasteiger partial charge in [-0.25, -0.2) is 0 Å². The lowest BCUT2D eigenvalue weighted by molar-refractivity contribution is -0.123. The van der Waals surface area contributed by atoms with E-state index in [0.29, 0.717) is 19.0 Å². The van der Waals surface area contributed by atoms with Gasteiger partial charge in [-0.15, -0.1) is 0 Å². The molecule has 0 aromatic carbocycles. The Balaban J connectivity index is 3.71. The second-order valence-corrected chi connectivity index (χ2v) is 4.59. The Morgan fingerprint density at radius 3 is 2.29 bits per heavy atom. The molecule has 0 aliphatic carbocycles.